The summed E-state index contributed by atoms with van der Waals surface area (Å²) in [6.07, 6.45) is 5.82. The summed E-state index contributed by atoms with van der Waals surface area (Å²) in [4.78, 5) is 28.5. The summed E-state index contributed by atoms with van der Waals surface area (Å²) in [6, 6.07) is 14.3. The maximum atomic E-state index is 13.4. The molecule has 1 aliphatic heterocycles. The van der Waals surface area contributed by atoms with Gasteiger partial charge in [-0.2, -0.15) is 0 Å². The Morgan fingerprint density at radius 2 is 1.71 bits per heavy atom. The van der Waals surface area contributed by atoms with Crippen LogP contribution in [0.1, 0.15) is 56.7 Å². The van der Waals surface area contributed by atoms with Crippen LogP contribution in [0.2, 0.25) is 0 Å². The summed E-state index contributed by atoms with van der Waals surface area (Å²) < 4.78 is 7.72. The van der Waals surface area contributed by atoms with Gasteiger partial charge in [0.15, 0.2) is 0 Å². The third-order valence-electron chi connectivity index (χ3n) is 6.92. The highest BCUT2D eigenvalue weighted by atomic mass is 16.5. The van der Waals surface area contributed by atoms with Crippen molar-refractivity contribution in [3.8, 4) is 5.75 Å². The molecule has 3 aromatic rings. The minimum absolute atomic E-state index is 0.00691. The lowest BCUT2D eigenvalue weighted by Gasteiger charge is -2.30. The van der Waals surface area contributed by atoms with E-state index >= 15 is 0 Å². The number of ketones is 1. The molecular weight excluding hydrogens is 428 g/mol. The van der Waals surface area contributed by atoms with Gasteiger partial charge in [0.2, 0.25) is 0 Å². The third-order valence-corrected chi connectivity index (χ3v) is 6.92. The number of carbonyl (C=O) groups is 2. The number of ether oxygens (including phenoxy) is 1. The van der Waals surface area contributed by atoms with Crippen molar-refractivity contribution in [2.45, 2.75) is 57.7 Å². The fraction of sp³-hybridized carbons (Fsp3) is 0.357. The zero-order chi connectivity index (χ0) is 24.0. The average molecular weight is 459 g/mol. The molecule has 0 bridgehead atoms. The summed E-state index contributed by atoms with van der Waals surface area (Å²) in [7, 11) is 1.96. The molecule has 2 aromatic carbocycles. The largest absolute Gasteiger partial charge is 0.507 e. The van der Waals surface area contributed by atoms with Crippen LogP contribution in [0.5, 0.6) is 5.75 Å². The fourth-order valence-corrected chi connectivity index (χ4v) is 5.42. The Bertz CT molecular complexity index is 1280. The van der Waals surface area contributed by atoms with E-state index in [4.69, 9.17) is 4.74 Å². The number of nitrogens with zero attached hydrogens (tertiary/aromatic N) is 2. The second-order valence-electron chi connectivity index (χ2n) is 9.55. The Hall–Kier alpha value is -3.54. The van der Waals surface area contributed by atoms with Gasteiger partial charge in [-0.25, -0.2) is 0 Å². The lowest BCUT2D eigenvalue weighted by atomic mass is 9.94. The first kappa shape index (κ1) is 22.3. The molecule has 176 valence electrons. The van der Waals surface area contributed by atoms with E-state index in [-0.39, 0.29) is 23.5 Å². The molecule has 2 heterocycles. The lowest BCUT2D eigenvalue weighted by Crippen LogP contribution is -2.37. The Labute approximate surface area is 199 Å². The molecule has 6 heteroatoms. The number of aromatic nitrogens is 1. The first-order valence-electron chi connectivity index (χ1n) is 12.0. The van der Waals surface area contributed by atoms with Crippen LogP contribution >= 0.6 is 0 Å². The van der Waals surface area contributed by atoms with E-state index in [9.17, 15) is 14.7 Å². The number of hydrogen-bond acceptors (Lipinski definition) is 4. The molecule has 0 spiro atoms. The van der Waals surface area contributed by atoms with Crippen molar-refractivity contribution in [3.63, 3.8) is 0 Å². The summed E-state index contributed by atoms with van der Waals surface area (Å²) >= 11 is 0. The maximum Gasteiger partial charge on any atom is 0.295 e. The van der Waals surface area contributed by atoms with Crippen molar-refractivity contribution in [1.82, 2.24) is 9.47 Å². The van der Waals surface area contributed by atoms with Gasteiger partial charge in [-0.15, -0.1) is 0 Å². The van der Waals surface area contributed by atoms with E-state index in [1.807, 2.05) is 55.9 Å². The number of aliphatic hydroxyl groups excluding tert-OH is 1. The second kappa shape index (κ2) is 8.67. The monoisotopic (exact) mass is 458 g/mol. The number of aryl methyl sites for hydroxylation is 1. The molecule has 1 saturated heterocycles. The summed E-state index contributed by atoms with van der Waals surface area (Å²) in [6.45, 7) is 3.89. The molecular formula is C28H30N2O4. The fourth-order valence-electron chi connectivity index (χ4n) is 5.42. The number of aliphatic hydroxyl groups is 1. The van der Waals surface area contributed by atoms with Crippen LogP contribution in [0.15, 0.2) is 60.3 Å². The highest BCUT2D eigenvalue weighted by Crippen LogP contribution is 2.45. The average Bonchev–Trinajstić information content (AvgIpc) is 3.52. The van der Waals surface area contributed by atoms with Crippen molar-refractivity contribution in [2.24, 2.45) is 7.05 Å². The molecule has 1 atom stereocenters. The van der Waals surface area contributed by atoms with Crippen LogP contribution in [0.25, 0.3) is 16.7 Å². The zero-order valence-electron chi connectivity index (χ0n) is 19.8. The minimum atomic E-state index is -0.624. The number of likely N-dealkylation sites (tertiary alicyclic amines) is 1. The van der Waals surface area contributed by atoms with Crippen molar-refractivity contribution in [1.29, 1.82) is 0 Å². The normalized spacial score (nSPS) is 20.7. The van der Waals surface area contributed by atoms with Crippen molar-refractivity contribution in [3.05, 3.63) is 71.4 Å². The zero-order valence-corrected chi connectivity index (χ0v) is 19.8. The minimum Gasteiger partial charge on any atom is -0.507 e. The maximum absolute atomic E-state index is 13.4. The molecule has 1 aliphatic carbocycles. The Balaban J connectivity index is 1.67. The predicted molar refractivity (Wildman–Crippen MR) is 132 cm³/mol. The molecule has 1 aromatic heterocycles. The molecule has 0 radical (unpaired) electrons. The second-order valence-corrected chi connectivity index (χ2v) is 9.55. The predicted octanol–water partition coefficient (Wildman–Crippen LogP) is 5.33. The van der Waals surface area contributed by atoms with Crippen molar-refractivity contribution in [2.75, 3.05) is 0 Å². The number of fused-ring (bicyclic) bond motifs is 1. The number of rotatable bonds is 5. The van der Waals surface area contributed by atoms with Crippen LogP contribution in [-0.2, 0) is 16.6 Å². The third kappa shape index (κ3) is 3.67. The molecule has 1 amide bonds. The number of Topliss-reactive ketones (excluding diaryl/α,β-unsaturated/α-hetero) is 1. The van der Waals surface area contributed by atoms with Gasteiger partial charge in [0.25, 0.3) is 11.7 Å². The van der Waals surface area contributed by atoms with Crippen LogP contribution in [0.3, 0.4) is 0 Å². The van der Waals surface area contributed by atoms with Crippen LogP contribution in [0, 0.1) is 0 Å². The van der Waals surface area contributed by atoms with E-state index in [1.54, 1.807) is 29.2 Å². The first-order chi connectivity index (χ1) is 16.4. The van der Waals surface area contributed by atoms with Crippen molar-refractivity contribution >= 4 is 28.4 Å². The van der Waals surface area contributed by atoms with E-state index in [2.05, 4.69) is 0 Å². The van der Waals surface area contributed by atoms with Gasteiger partial charge in [-0.05, 0) is 57.0 Å². The molecule has 1 saturated carbocycles. The molecule has 2 aliphatic rings. The van der Waals surface area contributed by atoms with E-state index < -0.39 is 17.7 Å². The van der Waals surface area contributed by atoms with Gasteiger partial charge >= 0.3 is 0 Å². The smallest absolute Gasteiger partial charge is 0.295 e. The number of para-hydroxylation sites is 1. The van der Waals surface area contributed by atoms with Crippen LogP contribution in [0.4, 0.5) is 0 Å². The summed E-state index contributed by atoms with van der Waals surface area (Å²) in [5.41, 5.74) is 2.53. The van der Waals surface area contributed by atoms with Gasteiger partial charge in [0.1, 0.15) is 11.5 Å². The topological polar surface area (TPSA) is 71.8 Å². The van der Waals surface area contributed by atoms with Gasteiger partial charge in [0.05, 0.1) is 17.7 Å². The van der Waals surface area contributed by atoms with Gasteiger partial charge < -0.3 is 19.3 Å². The number of carbonyl (C=O) groups excluding carboxylic acids is 2. The molecule has 6 nitrogen and oxygen atoms in total. The molecule has 2 fully saturated rings. The van der Waals surface area contributed by atoms with Gasteiger partial charge in [-0.1, -0.05) is 31.0 Å². The van der Waals surface area contributed by atoms with Gasteiger partial charge in [0, 0.05) is 41.3 Å². The van der Waals surface area contributed by atoms with Gasteiger partial charge in [-0.3, -0.25) is 9.59 Å². The van der Waals surface area contributed by atoms with E-state index in [1.165, 1.54) is 0 Å². The Morgan fingerprint density at radius 1 is 1.03 bits per heavy atom. The number of benzene rings is 2. The molecule has 5 rings (SSSR count). The highest BCUT2D eigenvalue weighted by molar-refractivity contribution is 6.46. The molecule has 34 heavy (non-hydrogen) atoms. The molecule has 1 unspecified atom stereocenters. The van der Waals surface area contributed by atoms with Crippen molar-refractivity contribution < 1.29 is 19.4 Å². The van der Waals surface area contributed by atoms with Crippen LogP contribution < -0.4 is 4.74 Å². The Morgan fingerprint density at radius 3 is 2.38 bits per heavy atom. The Kier molecular flexibility index (Phi) is 5.68. The molecule has 1 N–H and O–H groups in total. The SMILES string of the molecule is CC(C)Oc1ccc(/C(O)=C2\C(=O)C(=O)N(C3CCCC3)C2c2cn(C)c3ccccc23)cc1. The first-order valence-corrected chi connectivity index (χ1v) is 12.0. The highest BCUT2D eigenvalue weighted by Gasteiger charge is 2.50. The van der Waals surface area contributed by atoms with Crippen LogP contribution in [-0.4, -0.2) is 38.4 Å². The quantitative estimate of drug-likeness (QED) is 0.319. The number of hydrogen-bond donors (Lipinski definition) is 1. The number of amides is 1. The lowest BCUT2D eigenvalue weighted by molar-refractivity contribution is -0.141. The summed E-state index contributed by atoms with van der Waals surface area (Å²) in [5, 5.41) is 12.4. The standard InChI is InChI=1S/C28H30N2O4/c1-17(2)34-20-14-12-18(13-15-20)26(31)24-25(22-16-29(3)23-11-7-6-10-21(22)23)30(28(33)27(24)32)19-8-4-5-9-19/h6-7,10-17,19,25,31H,4-5,8-9H2,1-3H3/b26-24+. The summed E-state index contributed by atoms with van der Waals surface area (Å²) in [5.74, 6) is -0.604. The van der Waals surface area contributed by atoms with E-state index in [0.717, 1.165) is 42.1 Å². The van der Waals surface area contributed by atoms with E-state index in [0.29, 0.717) is 11.3 Å².